The Labute approximate surface area is 116 Å². The molecule has 1 rings (SSSR count). The van der Waals surface area contributed by atoms with Crippen LogP contribution in [0.2, 0.25) is 5.02 Å². The number of benzene rings is 1. The first-order valence-corrected chi connectivity index (χ1v) is 5.65. The Hall–Kier alpha value is -2.50. The molecular weight excluding hydrogens is 264 g/mol. The third-order valence-electron chi connectivity index (χ3n) is 2.23. The van der Waals surface area contributed by atoms with Crippen molar-refractivity contribution in [2.24, 2.45) is 0 Å². The normalized spacial score (nSPS) is 8.89. The summed E-state index contributed by atoms with van der Waals surface area (Å²) in [5.74, 6) is -0.206. The van der Waals surface area contributed by atoms with Crippen LogP contribution >= 0.6 is 11.6 Å². The molecule has 1 aromatic rings. The molecule has 1 aromatic carbocycles. The minimum atomic E-state index is -0.206. The number of nitrogens with zero attached hydrogens (tertiary/aromatic N) is 3. The van der Waals surface area contributed by atoms with Gasteiger partial charge in [0.15, 0.2) is 0 Å². The van der Waals surface area contributed by atoms with Gasteiger partial charge in [-0.25, -0.2) is 0 Å². The fraction of sp³-hybridized carbons (Fsp3) is 0.154. The van der Waals surface area contributed by atoms with Gasteiger partial charge in [-0.3, -0.25) is 4.79 Å². The van der Waals surface area contributed by atoms with Crippen molar-refractivity contribution in [1.29, 1.82) is 10.5 Å². The first-order valence-electron chi connectivity index (χ1n) is 5.27. The summed E-state index contributed by atoms with van der Waals surface area (Å²) in [6, 6.07) is 8.17. The van der Waals surface area contributed by atoms with Gasteiger partial charge in [0.05, 0.1) is 11.3 Å². The summed E-state index contributed by atoms with van der Waals surface area (Å²) in [7, 11) is 3.26. The van der Waals surface area contributed by atoms with E-state index in [9.17, 15) is 4.79 Å². The first-order chi connectivity index (χ1) is 8.99. The molecule has 1 amide bonds. The quantitative estimate of drug-likeness (QED) is 0.858. The molecule has 1 N–H and O–H groups in total. The van der Waals surface area contributed by atoms with Crippen molar-refractivity contribution < 1.29 is 4.79 Å². The highest BCUT2D eigenvalue weighted by molar-refractivity contribution is 6.31. The Balaban J connectivity index is 3.17. The molecule has 19 heavy (non-hydrogen) atoms. The molecule has 0 aliphatic carbocycles. The van der Waals surface area contributed by atoms with Crippen LogP contribution in [0.15, 0.2) is 30.0 Å². The predicted octanol–water partition coefficient (Wildman–Crippen LogP) is 2.38. The molecule has 96 valence electrons. The van der Waals surface area contributed by atoms with Gasteiger partial charge in [0.2, 0.25) is 0 Å². The maximum Gasteiger partial charge on any atom is 0.255 e. The molecule has 0 aliphatic heterocycles. The molecule has 0 aromatic heterocycles. The van der Waals surface area contributed by atoms with Crippen LogP contribution in [0.3, 0.4) is 0 Å². The fourth-order valence-corrected chi connectivity index (χ4v) is 1.47. The van der Waals surface area contributed by atoms with Gasteiger partial charge in [0, 0.05) is 25.3 Å². The highest BCUT2D eigenvalue weighted by atomic mass is 35.5. The molecule has 0 unspecified atom stereocenters. The smallest absolute Gasteiger partial charge is 0.255 e. The molecule has 0 aliphatic rings. The van der Waals surface area contributed by atoms with Crippen LogP contribution in [-0.2, 0) is 0 Å². The van der Waals surface area contributed by atoms with Crippen LogP contribution < -0.4 is 5.32 Å². The maximum absolute atomic E-state index is 12.0. The minimum absolute atomic E-state index is 0.0942. The molecule has 0 saturated heterocycles. The van der Waals surface area contributed by atoms with Gasteiger partial charge >= 0.3 is 0 Å². The lowest BCUT2D eigenvalue weighted by atomic mass is 10.1. The zero-order valence-corrected chi connectivity index (χ0v) is 11.2. The van der Waals surface area contributed by atoms with Gasteiger partial charge in [-0.15, -0.1) is 0 Å². The summed E-state index contributed by atoms with van der Waals surface area (Å²) in [4.78, 5) is 13.4. The van der Waals surface area contributed by atoms with Gasteiger partial charge in [-0.1, -0.05) is 11.6 Å². The molecular formula is C13H11ClN4O. The van der Waals surface area contributed by atoms with Crippen molar-refractivity contribution in [3.8, 4) is 12.1 Å². The van der Waals surface area contributed by atoms with E-state index in [1.165, 1.54) is 11.1 Å². The summed E-state index contributed by atoms with van der Waals surface area (Å²) >= 11 is 5.87. The zero-order valence-electron chi connectivity index (χ0n) is 10.4. The van der Waals surface area contributed by atoms with Crippen molar-refractivity contribution in [3.63, 3.8) is 0 Å². The Morgan fingerprint density at radius 3 is 2.53 bits per heavy atom. The topological polar surface area (TPSA) is 79.9 Å². The summed E-state index contributed by atoms with van der Waals surface area (Å²) < 4.78 is 0. The van der Waals surface area contributed by atoms with E-state index < -0.39 is 0 Å². The van der Waals surface area contributed by atoms with Crippen molar-refractivity contribution >= 4 is 23.2 Å². The van der Waals surface area contributed by atoms with Gasteiger partial charge < -0.3 is 10.2 Å². The number of nitriles is 2. The third kappa shape index (κ3) is 3.74. The number of hydrogen-bond donors (Lipinski definition) is 1. The van der Waals surface area contributed by atoms with E-state index in [0.717, 1.165) is 0 Å². The molecule has 0 spiro atoms. The predicted molar refractivity (Wildman–Crippen MR) is 72.4 cm³/mol. The molecule has 0 saturated carbocycles. The Morgan fingerprint density at radius 2 is 2.00 bits per heavy atom. The van der Waals surface area contributed by atoms with E-state index in [2.05, 4.69) is 5.32 Å². The number of allylic oxidation sites excluding steroid dienone is 1. The largest absolute Gasteiger partial charge is 0.359 e. The van der Waals surface area contributed by atoms with E-state index in [0.29, 0.717) is 16.3 Å². The lowest BCUT2D eigenvalue weighted by Gasteiger charge is -2.14. The van der Waals surface area contributed by atoms with Gasteiger partial charge in [-0.05, 0) is 18.2 Å². The van der Waals surface area contributed by atoms with Crippen LogP contribution in [-0.4, -0.2) is 24.9 Å². The number of nitrogens with one attached hydrogen (secondary N) is 1. The standard InChI is InChI=1S/C13H11ClN4O/c1-18(2)13(19)11-4-3-10(14)5-12(11)17-8-9(6-15)7-16/h3-5,8,17H,1-2H3. The van der Waals surface area contributed by atoms with E-state index in [1.54, 1.807) is 44.4 Å². The first kappa shape index (κ1) is 14.6. The molecule has 0 fully saturated rings. The van der Waals surface area contributed by atoms with Gasteiger partial charge in [-0.2, -0.15) is 10.5 Å². The zero-order chi connectivity index (χ0) is 14.4. The Morgan fingerprint density at radius 1 is 1.37 bits per heavy atom. The van der Waals surface area contributed by atoms with Crippen LogP contribution in [0.5, 0.6) is 0 Å². The van der Waals surface area contributed by atoms with E-state index >= 15 is 0 Å². The Kier molecular flexibility index (Phi) is 4.93. The van der Waals surface area contributed by atoms with E-state index in [1.807, 2.05) is 0 Å². The van der Waals surface area contributed by atoms with Crippen molar-refractivity contribution in [2.75, 3.05) is 19.4 Å². The van der Waals surface area contributed by atoms with Crippen LogP contribution in [0.4, 0.5) is 5.69 Å². The van der Waals surface area contributed by atoms with E-state index in [4.69, 9.17) is 22.1 Å². The summed E-state index contributed by atoms with van der Waals surface area (Å²) in [5, 5.41) is 20.5. The number of amides is 1. The number of hydrogen-bond acceptors (Lipinski definition) is 4. The monoisotopic (exact) mass is 274 g/mol. The SMILES string of the molecule is CN(C)C(=O)c1ccc(Cl)cc1NC=C(C#N)C#N. The molecule has 5 nitrogen and oxygen atoms in total. The van der Waals surface area contributed by atoms with Crippen LogP contribution in [0, 0.1) is 22.7 Å². The average Bonchev–Trinajstić information content (AvgIpc) is 2.39. The average molecular weight is 275 g/mol. The van der Waals surface area contributed by atoms with Crippen LogP contribution in [0.25, 0.3) is 0 Å². The number of carbonyl (C=O) groups excluding carboxylic acids is 1. The lowest BCUT2D eigenvalue weighted by molar-refractivity contribution is 0.0828. The van der Waals surface area contributed by atoms with Gasteiger partial charge in [0.25, 0.3) is 5.91 Å². The van der Waals surface area contributed by atoms with Crippen molar-refractivity contribution in [1.82, 2.24) is 4.90 Å². The molecule has 0 heterocycles. The highest BCUT2D eigenvalue weighted by Crippen LogP contribution is 2.22. The second-order valence-electron chi connectivity index (χ2n) is 3.82. The molecule has 0 atom stereocenters. The number of rotatable bonds is 3. The maximum atomic E-state index is 12.0. The summed E-state index contributed by atoms with van der Waals surface area (Å²) in [6.45, 7) is 0. The molecule has 0 radical (unpaired) electrons. The third-order valence-corrected chi connectivity index (χ3v) is 2.47. The second-order valence-corrected chi connectivity index (χ2v) is 4.25. The molecule has 6 heteroatoms. The number of halogens is 1. The van der Waals surface area contributed by atoms with E-state index in [-0.39, 0.29) is 11.5 Å². The van der Waals surface area contributed by atoms with Crippen molar-refractivity contribution in [2.45, 2.75) is 0 Å². The second kappa shape index (κ2) is 6.44. The lowest BCUT2D eigenvalue weighted by Crippen LogP contribution is -2.22. The Bertz CT molecular complexity index is 592. The van der Waals surface area contributed by atoms with Gasteiger partial charge in [0.1, 0.15) is 17.7 Å². The highest BCUT2D eigenvalue weighted by Gasteiger charge is 2.13. The number of carbonyl (C=O) groups is 1. The summed E-state index contributed by atoms with van der Waals surface area (Å²) in [5.41, 5.74) is 0.748. The molecule has 0 bridgehead atoms. The minimum Gasteiger partial charge on any atom is -0.359 e. The fourth-order valence-electron chi connectivity index (χ4n) is 1.30. The van der Waals surface area contributed by atoms with Crippen molar-refractivity contribution in [3.05, 3.63) is 40.6 Å². The van der Waals surface area contributed by atoms with Crippen LogP contribution in [0.1, 0.15) is 10.4 Å². The summed E-state index contributed by atoms with van der Waals surface area (Å²) in [6.07, 6.45) is 1.23. The number of anilines is 1.